The molecule has 1 aromatic heterocycles. The number of aryl methyl sites for hydroxylation is 1. The minimum atomic E-state index is -0.0980. The second-order valence-corrected chi connectivity index (χ2v) is 6.49. The molecule has 4 rings (SSSR count). The van der Waals surface area contributed by atoms with Crippen LogP contribution in [-0.2, 0) is 0 Å². The standard InChI is InChI=1S/C21H19N3O2/c1-14-11-12-16(15(2)17-7-3-6-10-21(17)25)20(13-14)23-22-18-8-4-5-9-19(18)24(23)26/h3-13,15,25H,1-2H3. The largest absolute Gasteiger partial charge is 0.692 e. The lowest BCUT2D eigenvalue weighted by atomic mass is 9.90. The van der Waals surface area contributed by atoms with Crippen LogP contribution in [0.3, 0.4) is 0 Å². The van der Waals surface area contributed by atoms with Crippen molar-refractivity contribution >= 4 is 11.0 Å². The van der Waals surface area contributed by atoms with Gasteiger partial charge in [-0.25, -0.2) is 0 Å². The molecule has 0 aliphatic rings. The molecule has 1 unspecified atom stereocenters. The van der Waals surface area contributed by atoms with Gasteiger partial charge in [0.1, 0.15) is 11.4 Å². The van der Waals surface area contributed by atoms with E-state index in [1.165, 1.54) is 4.80 Å². The van der Waals surface area contributed by atoms with Crippen molar-refractivity contribution in [2.75, 3.05) is 0 Å². The van der Waals surface area contributed by atoms with E-state index in [4.69, 9.17) is 0 Å². The van der Waals surface area contributed by atoms with E-state index in [1.807, 2.05) is 62.4 Å². The molecular weight excluding hydrogens is 326 g/mol. The lowest BCUT2D eigenvalue weighted by Crippen LogP contribution is -2.37. The Hall–Kier alpha value is -3.34. The van der Waals surface area contributed by atoms with Crippen molar-refractivity contribution < 1.29 is 9.95 Å². The first-order chi connectivity index (χ1) is 12.6. The van der Waals surface area contributed by atoms with Gasteiger partial charge in [-0.15, -0.1) is 4.85 Å². The Balaban J connectivity index is 1.93. The summed E-state index contributed by atoms with van der Waals surface area (Å²) in [5.74, 6) is 0.145. The lowest BCUT2D eigenvalue weighted by Gasteiger charge is -2.17. The van der Waals surface area contributed by atoms with Gasteiger partial charge in [0.05, 0.1) is 5.10 Å². The molecule has 130 valence electrons. The molecule has 3 aromatic carbocycles. The van der Waals surface area contributed by atoms with Gasteiger partial charge in [-0.2, -0.15) is 0 Å². The van der Waals surface area contributed by atoms with Crippen LogP contribution in [-0.4, -0.2) is 15.0 Å². The Labute approximate surface area is 151 Å². The minimum Gasteiger partial charge on any atom is -0.692 e. The van der Waals surface area contributed by atoms with E-state index < -0.39 is 0 Å². The molecule has 1 heterocycles. The van der Waals surface area contributed by atoms with Gasteiger partial charge in [0.25, 0.3) is 0 Å². The monoisotopic (exact) mass is 345 g/mol. The number of aromatic nitrogens is 3. The smallest absolute Gasteiger partial charge is 0.250 e. The highest BCUT2D eigenvalue weighted by atomic mass is 16.5. The van der Waals surface area contributed by atoms with Gasteiger partial charge < -0.3 is 10.3 Å². The van der Waals surface area contributed by atoms with Gasteiger partial charge in [-0.05, 0) is 47.1 Å². The third-order valence-electron chi connectivity index (χ3n) is 4.73. The summed E-state index contributed by atoms with van der Waals surface area (Å²) >= 11 is 0. The summed E-state index contributed by atoms with van der Waals surface area (Å²) in [6.45, 7) is 4.00. The molecule has 0 fully saturated rings. The van der Waals surface area contributed by atoms with Crippen LogP contribution in [0.25, 0.3) is 16.7 Å². The topological polar surface area (TPSA) is 65.0 Å². The Morgan fingerprint density at radius 2 is 1.73 bits per heavy atom. The second-order valence-electron chi connectivity index (χ2n) is 6.49. The molecule has 4 aromatic rings. The average Bonchev–Trinajstić information content (AvgIpc) is 2.98. The molecule has 0 bridgehead atoms. The molecule has 5 nitrogen and oxygen atoms in total. The summed E-state index contributed by atoms with van der Waals surface area (Å²) in [6.07, 6.45) is 0. The number of hydrogen-bond donors (Lipinski definition) is 1. The highest BCUT2D eigenvalue weighted by Gasteiger charge is 2.22. The predicted molar refractivity (Wildman–Crippen MR) is 100 cm³/mol. The fourth-order valence-corrected chi connectivity index (χ4v) is 3.32. The van der Waals surface area contributed by atoms with Gasteiger partial charge >= 0.3 is 0 Å². The van der Waals surface area contributed by atoms with Gasteiger partial charge in [0, 0.05) is 11.5 Å². The zero-order valence-corrected chi connectivity index (χ0v) is 14.6. The molecule has 1 N–H and O–H groups in total. The van der Waals surface area contributed by atoms with Crippen molar-refractivity contribution in [3.8, 4) is 11.4 Å². The third kappa shape index (κ3) is 2.58. The predicted octanol–water partition coefficient (Wildman–Crippen LogP) is 3.82. The van der Waals surface area contributed by atoms with Crippen LogP contribution in [0.4, 0.5) is 0 Å². The number of rotatable bonds is 3. The molecule has 0 aliphatic carbocycles. The summed E-state index contributed by atoms with van der Waals surface area (Å²) in [5, 5.41) is 27.5. The van der Waals surface area contributed by atoms with Crippen molar-refractivity contribution in [2.24, 2.45) is 0 Å². The zero-order chi connectivity index (χ0) is 18.3. The number of aromatic hydroxyl groups is 1. The fourth-order valence-electron chi connectivity index (χ4n) is 3.32. The number of phenols is 1. The highest BCUT2D eigenvalue weighted by molar-refractivity contribution is 5.70. The van der Waals surface area contributed by atoms with E-state index in [0.29, 0.717) is 16.7 Å². The van der Waals surface area contributed by atoms with Crippen molar-refractivity contribution in [1.29, 1.82) is 0 Å². The number of nitrogens with zero attached hydrogens (tertiary/aromatic N) is 3. The summed E-state index contributed by atoms with van der Waals surface area (Å²) in [4.78, 5) is 2.20. The number of hydrogen-bond acceptors (Lipinski definition) is 3. The Bertz CT molecular complexity index is 1100. The molecular formula is C21H19N3O2. The fraction of sp³-hybridized carbons (Fsp3) is 0.143. The maximum absolute atomic E-state index is 12.8. The summed E-state index contributed by atoms with van der Waals surface area (Å²) in [6, 6.07) is 20.5. The number of fused-ring (bicyclic) bond motifs is 1. The molecule has 0 saturated heterocycles. The van der Waals surface area contributed by atoms with Crippen LogP contribution in [0.5, 0.6) is 5.75 Å². The van der Waals surface area contributed by atoms with E-state index >= 15 is 0 Å². The van der Waals surface area contributed by atoms with Crippen LogP contribution in [0.1, 0.15) is 29.5 Å². The summed E-state index contributed by atoms with van der Waals surface area (Å²) < 4.78 is 0. The van der Waals surface area contributed by atoms with E-state index in [1.54, 1.807) is 18.2 Å². The van der Waals surface area contributed by atoms with E-state index in [9.17, 15) is 10.3 Å². The van der Waals surface area contributed by atoms with Crippen molar-refractivity contribution in [3.63, 3.8) is 0 Å². The Morgan fingerprint density at radius 1 is 1.00 bits per heavy atom. The Kier molecular flexibility index (Phi) is 3.84. The second kappa shape index (κ2) is 6.19. The lowest BCUT2D eigenvalue weighted by molar-refractivity contribution is -0.664. The van der Waals surface area contributed by atoms with Crippen LogP contribution in [0, 0.1) is 12.1 Å². The summed E-state index contributed by atoms with van der Waals surface area (Å²) in [5.41, 5.74) is 4.65. The highest BCUT2D eigenvalue weighted by Crippen LogP contribution is 2.34. The zero-order valence-electron chi connectivity index (χ0n) is 14.6. The number of phenolic OH excluding ortho intramolecular Hbond substituents is 1. The van der Waals surface area contributed by atoms with Crippen LogP contribution >= 0.6 is 0 Å². The van der Waals surface area contributed by atoms with Crippen molar-refractivity contribution in [3.05, 3.63) is 88.6 Å². The van der Waals surface area contributed by atoms with Gasteiger partial charge in [0.15, 0.2) is 0 Å². The quantitative estimate of drug-likeness (QED) is 0.453. The Morgan fingerprint density at radius 3 is 2.50 bits per heavy atom. The third-order valence-corrected chi connectivity index (χ3v) is 4.73. The molecule has 0 saturated carbocycles. The molecule has 26 heavy (non-hydrogen) atoms. The van der Waals surface area contributed by atoms with Crippen LogP contribution in [0.15, 0.2) is 66.7 Å². The van der Waals surface area contributed by atoms with Crippen molar-refractivity contribution in [1.82, 2.24) is 9.90 Å². The van der Waals surface area contributed by atoms with Crippen LogP contribution in [0.2, 0.25) is 0 Å². The molecule has 0 aliphatic heterocycles. The van der Waals surface area contributed by atoms with Crippen molar-refractivity contribution in [2.45, 2.75) is 19.8 Å². The number of benzene rings is 3. The maximum atomic E-state index is 12.8. The summed E-state index contributed by atoms with van der Waals surface area (Å²) in [7, 11) is 0. The molecule has 0 amide bonds. The minimum absolute atomic E-state index is 0.0980. The number of para-hydroxylation sites is 2. The first kappa shape index (κ1) is 16.1. The molecule has 5 heteroatoms. The maximum Gasteiger partial charge on any atom is 0.250 e. The van der Waals surface area contributed by atoms with E-state index in [0.717, 1.165) is 21.5 Å². The van der Waals surface area contributed by atoms with E-state index in [-0.39, 0.29) is 11.7 Å². The first-order valence-electron chi connectivity index (χ1n) is 8.52. The average molecular weight is 345 g/mol. The van der Waals surface area contributed by atoms with Gasteiger partial charge in [-0.1, -0.05) is 49.4 Å². The SMILES string of the molecule is Cc1ccc(C(C)c2ccccc2O)c(-n2nc3ccccc3[n+]2[O-])c1. The first-order valence-corrected chi connectivity index (χ1v) is 8.52. The van der Waals surface area contributed by atoms with E-state index in [2.05, 4.69) is 5.10 Å². The molecule has 1 atom stereocenters. The van der Waals surface area contributed by atoms with Crippen LogP contribution < -0.4 is 4.85 Å². The van der Waals surface area contributed by atoms with Gasteiger partial charge in [-0.3, -0.25) is 0 Å². The molecule has 0 spiro atoms. The normalized spacial score (nSPS) is 12.4. The molecule has 0 radical (unpaired) electrons. The van der Waals surface area contributed by atoms with Gasteiger partial charge in [0.2, 0.25) is 11.0 Å².